The molecular weight excluding hydrogens is 642 g/mol. The van der Waals surface area contributed by atoms with Crippen molar-refractivity contribution in [2.45, 2.75) is 25.3 Å². The van der Waals surface area contributed by atoms with E-state index in [2.05, 4.69) is 14.4 Å². The third-order valence-corrected chi connectivity index (χ3v) is 10.7. The largest absolute Gasteiger partial charge is 0.379 e. The van der Waals surface area contributed by atoms with Gasteiger partial charge >= 0.3 is 0 Å². The van der Waals surface area contributed by atoms with Crippen LogP contribution < -0.4 is 4.90 Å². The molecule has 0 N–H and O–H groups in total. The summed E-state index contributed by atoms with van der Waals surface area (Å²) in [6.45, 7) is 9.45. The minimum atomic E-state index is -1.34. The number of ether oxygens (including phenoxy) is 3. The van der Waals surface area contributed by atoms with Crippen LogP contribution in [0.15, 0.2) is 83.4 Å². The van der Waals surface area contributed by atoms with Crippen LogP contribution in [0.2, 0.25) is 0 Å². The molecule has 1 aromatic heterocycles. The number of carbonyl (C=O) groups is 2. The molecule has 10 nitrogen and oxygen atoms in total. The maximum Gasteiger partial charge on any atom is 0.270 e. The van der Waals surface area contributed by atoms with Crippen LogP contribution in [0.3, 0.4) is 0 Å². The molecule has 4 aliphatic rings. The third kappa shape index (κ3) is 6.73. The van der Waals surface area contributed by atoms with Crippen molar-refractivity contribution in [3.05, 3.63) is 106 Å². The lowest BCUT2D eigenvalue weighted by Gasteiger charge is -2.38. The molecule has 258 valence electrons. The van der Waals surface area contributed by atoms with Gasteiger partial charge in [-0.3, -0.25) is 19.4 Å². The van der Waals surface area contributed by atoms with Gasteiger partial charge in [-0.2, -0.15) is 0 Å². The first kappa shape index (κ1) is 33.7. The number of hydrogen-bond acceptors (Lipinski definition) is 7. The van der Waals surface area contributed by atoms with Gasteiger partial charge in [-0.05, 0) is 41.0 Å². The van der Waals surface area contributed by atoms with E-state index in [1.807, 2.05) is 71.6 Å². The van der Waals surface area contributed by atoms with Crippen molar-refractivity contribution >= 4 is 34.7 Å². The summed E-state index contributed by atoms with van der Waals surface area (Å²) in [6, 6.07) is 21.6. The second kappa shape index (κ2) is 14.6. The first-order chi connectivity index (χ1) is 23.9. The molecule has 7 rings (SSSR count). The molecule has 11 heteroatoms. The number of fused-ring (bicyclic) bond motifs is 2. The van der Waals surface area contributed by atoms with Crippen LogP contribution in [0.5, 0.6) is 0 Å². The van der Waals surface area contributed by atoms with E-state index < -0.39 is 5.79 Å². The van der Waals surface area contributed by atoms with Gasteiger partial charge < -0.3 is 28.6 Å². The molecule has 4 heterocycles. The predicted molar refractivity (Wildman–Crippen MR) is 189 cm³/mol. The number of methoxy groups -OCH3 is 2. The lowest BCUT2D eigenvalue weighted by atomic mass is 9.87. The molecule has 0 atom stereocenters. The second-order valence-corrected chi connectivity index (χ2v) is 13.4. The third-order valence-electron chi connectivity index (χ3n) is 10.4. The van der Waals surface area contributed by atoms with Crippen molar-refractivity contribution < 1.29 is 23.8 Å². The zero-order valence-corrected chi connectivity index (χ0v) is 29.0. The highest BCUT2D eigenvalue weighted by Crippen LogP contribution is 2.43. The van der Waals surface area contributed by atoms with Crippen molar-refractivity contribution in [1.29, 1.82) is 0 Å². The van der Waals surface area contributed by atoms with Gasteiger partial charge in [0.1, 0.15) is 5.69 Å². The van der Waals surface area contributed by atoms with Crippen molar-refractivity contribution in [1.82, 2.24) is 19.3 Å². The summed E-state index contributed by atoms with van der Waals surface area (Å²) in [5.41, 5.74) is 5.34. The topological polar surface area (TPSA) is 79.7 Å². The number of hydrogen-bond donors (Lipinski definition) is 0. The molecule has 2 amide bonds. The summed E-state index contributed by atoms with van der Waals surface area (Å²) in [4.78, 5) is 37.3. The normalized spacial score (nSPS) is 20.0. The zero-order valence-electron chi connectivity index (χ0n) is 28.3. The quantitative estimate of drug-likeness (QED) is 0.325. The Kier molecular flexibility index (Phi) is 10.0. The fraction of sp³-hybridized carbons (Fsp3) is 0.421. The number of halogens is 1. The first-order valence-corrected chi connectivity index (χ1v) is 17.4. The SMILES string of the molecule is COC1(OC)CC(c2ccccc2)=C(Cl)C=C1C(=O)N1Cc2ccc(C(=O)N3CCN(CCN4CCOCC4)CC3)n2Cc2ccccc21. The standard InChI is InChI=1S/C38H44ClN5O5/c1-47-38(48-2)25-31(28-8-4-3-5-9-28)33(39)24-32(38)36(45)44-27-30-12-13-35(43(30)26-29-10-6-7-11-34(29)44)37(46)42-18-16-40(17-19-42)14-15-41-20-22-49-23-21-41/h3-13,24H,14-23,25-27H2,1-2H3. The van der Waals surface area contributed by atoms with Crippen LogP contribution in [-0.2, 0) is 32.1 Å². The number of allylic oxidation sites excluding steroid dienone is 2. The molecule has 0 bridgehead atoms. The Morgan fingerprint density at radius 1 is 0.796 bits per heavy atom. The summed E-state index contributed by atoms with van der Waals surface area (Å²) in [6.07, 6.45) is 1.95. The minimum Gasteiger partial charge on any atom is -0.379 e. The number of benzene rings is 2. The second-order valence-electron chi connectivity index (χ2n) is 13.0. The molecule has 49 heavy (non-hydrogen) atoms. The lowest BCUT2D eigenvalue weighted by Crippen LogP contribution is -2.51. The van der Waals surface area contributed by atoms with Gasteiger partial charge in [-0.25, -0.2) is 0 Å². The maximum absolute atomic E-state index is 14.7. The number of rotatable bonds is 8. The molecule has 2 aromatic carbocycles. The smallest absolute Gasteiger partial charge is 0.270 e. The van der Waals surface area contributed by atoms with Crippen molar-refractivity contribution in [2.75, 3.05) is 84.7 Å². The van der Waals surface area contributed by atoms with Gasteiger partial charge in [0.15, 0.2) is 0 Å². The van der Waals surface area contributed by atoms with E-state index in [1.165, 1.54) is 0 Å². The van der Waals surface area contributed by atoms with Crippen LogP contribution in [0, 0.1) is 0 Å². The Balaban J connectivity index is 1.13. The number of aromatic nitrogens is 1. The molecule has 3 aromatic rings. The lowest BCUT2D eigenvalue weighted by molar-refractivity contribution is -0.178. The maximum atomic E-state index is 14.7. The van der Waals surface area contributed by atoms with Gasteiger partial charge in [0.25, 0.3) is 11.8 Å². The monoisotopic (exact) mass is 685 g/mol. The van der Waals surface area contributed by atoms with Gasteiger partial charge in [-0.15, -0.1) is 0 Å². The van der Waals surface area contributed by atoms with Gasteiger partial charge in [0.2, 0.25) is 5.79 Å². The highest BCUT2D eigenvalue weighted by molar-refractivity contribution is 6.35. The summed E-state index contributed by atoms with van der Waals surface area (Å²) in [5, 5.41) is 0.472. The van der Waals surface area contributed by atoms with Gasteiger partial charge in [0.05, 0.1) is 31.9 Å². The summed E-state index contributed by atoms with van der Waals surface area (Å²) >= 11 is 6.89. The highest BCUT2D eigenvalue weighted by Gasteiger charge is 2.45. The van der Waals surface area contributed by atoms with E-state index in [1.54, 1.807) is 25.2 Å². The number of para-hydroxylation sites is 1. The molecule has 0 spiro atoms. The number of nitrogens with zero attached hydrogens (tertiary/aromatic N) is 5. The van der Waals surface area contributed by atoms with Crippen LogP contribution in [-0.4, -0.2) is 117 Å². The molecule has 2 saturated heterocycles. The fourth-order valence-electron chi connectivity index (χ4n) is 7.41. The molecule has 1 aliphatic carbocycles. The van der Waals surface area contributed by atoms with Crippen molar-refractivity contribution in [3.63, 3.8) is 0 Å². The van der Waals surface area contributed by atoms with Crippen molar-refractivity contribution in [2.24, 2.45) is 0 Å². The predicted octanol–water partition coefficient (Wildman–Crippen LogP) is 4.44. The molecule has 0 saturated carbocycles. The number of morpholine rings is 1. The van der Waals surface area contributed by atoms with Crippen molar-refractivity contribution in [3.8, 4) is 0 Å². The number of amides is 2. The number of anilines is 1. The number of piperazine rings is 1. The summed E-state index contributed by atoms with van der Waals surface area (Å²) in [7, 11) is 3.10. The van der Waals surface area contributed by atoms with E-state index in [9.17, 15) is 9.59 Å². The Morgan fingerprint density at radius 2 is 1.47 bits per heavy atom. The van der Waals surface area contributed by atoms with E-state index in [0.29, 0.717) is 35.9 Å². The molecular formula is C38H44ClN5O5. The van der Waals surface area contributed by atoms with Crippen LogP contribution >= 0.6 is 11.6 Å². The van der Waals surface area contributed by atoms with Crippen LogP contribution in [0.25, 0.3) is 5.57 Å². The molecule has 3 aliphatic heterocycles. The summed E-state index contributed by atoms with van der Waals surface area (Å²) in [5.74, 6) is -1.58. The minimum absolute atomic E-state index is 0.0227. The van der Waals surface area contributed by atoms with Crippen LogP contribution in [0.1, 0.15) is 33.7 Å². The van der Waals surface area contributed by atoms with E-state index in [-0.39, 0.29) is 24.8 Å². The average molecular weight is 686 g/mol. The van der Waals surface area contributed by atoms with Gasteiger partial charge in [-0.1, -0.05) is 60.1 Å². The number of carbonyl (C=O) groups excluding carboxylic acids is 2. The van der Waals surface area contributed by atoms with E-state index in [0.717, 1.165) is 80.6 Å². The van der Waals surface area contributed by atoms with Gasteiger partial charge in [0, 0.05) is 89.4 Å². The summed E-state index contributed by atoms with van der Waals surface area (Å²) < 4.78 is 19.5. The molecule has 0 radical (unpaired) electrons. The highest BCUT2D eigenvalue weighted by atomic mass is 35.5. The zero-order chi connectivity index (χ0) is 34.0. The Bertz CT molecular complexity index is 1740. The fourth-order valence-corrected chi connectivity index (χ4v) is 7.69. The Morgan fingerprint density at radius 3 is 2.18 bits per heavy atom. The molecule has 2 fully saturated rings. The Hall–Kier alpha value is -3.77. The van der Waals surface area contributed by atoms with E-state index in [4.69, 9.17) is 25.8 Å². The average Bonchev–Trinajstić information content (AvgIpc) is 3.47. The Labute approximate surface area is 293 Å². The first-order valence-electron chi connectivity index (χ1n) is 17.1. The molecule has 0 unspecified atom stereocenters. The van der Waals surface area contributed by atoms with Crippen LogP contribution in [0.4, 0.5) is 5.69 Å². The van der Waals surface area contributed by atoms with E-state index >= 15 is 0 Å².